The maximum absolute atomic E-state index is 5.85. The lowest BCUT2D eigenvalue weighted by Gasteiger charge is -2.03. The minimum Gasteiger partial charge on any atom is -0.436 e. The van der Waals surface area contributed by atoms with E-state index in [9.17, 15) is 0 Å². The first-order valence-electron chi connectivity index (χ1n) is 6.44. The lowest BCUT2D eigenvalue weighted by molar-refractivity contribution is 0.619. The van der Waals surface area contributed by atoms with E-state index in [4.69, 9.17) is 4.42 Å². The maximum Gasteiger partial charge on any atom is 0.227 e. The van der Waals surface area contributed by atoms with E-state index in [0.29, 0.717) is 5.89 Å². The van der Waals surface area contributed by atoms with Gasteiger partial charge >= 0.3 is 0 Å². The number of aryl methyl sites for hydroxylation is 1. The van der Waals surface area contributed by atoms with Gasteiger partial charge < -0.3 is 4.42 Å². The standard InChI is InChI=1S/C16H13Br2NO/c1-3-10-4-5-15-14(6-10)19-16(20-15)11-7-12(17)9(2)13(18)8-11/h4-8H,3H2,1-2H3. The minimum absolute atomic E-state index is 0.648. The third-order valence-corrected chi connectivity index (χ3v) is 5.04. The van der Waals surface area contributed by atoms with E-state index >= 15 is 0 Å². The average molecular weight is 395 g/mol. The molecule has 0 N–H and O–H groups in total. The molecule has 3 aromatic rings. The van der Waals surface area contributed by atoms with E-state index in [1.807, 2.05) is 18.2 Å². The quantitative estimate of drug-likeness (QED) is 0.541. The Morgan fingerprint density at radius 3 is 2.45 bits per heavy atom. The van der Waals surface area contributed by atoms with Crippen LogP contribution in [0.4, 0.5) is 0 Å². The van der Waals surface area contributed by atoms with Crippen LogP contribution in [0.3, 0.4) is 0 Å². The minimum atomic E-state index is 0.648. The number of oxazole rings is 1. The first-order chi connectivity index (χ1) is 9.58. The number of benzene rings is 2. The van der Waals surface area contributed by atoms with Gasteiger partial charge in [-0.1, -0.05) is 44.8 Å². The zero-order valence-corrected chi connectivity index (χ0v) is 14.4. The van der Waals surface area contributed by atoms with E-state index in [1.165, 1.54) is 5.56 Å². The Hall–Kier alpha value is -1.13. The maximum atomic E-state index is 5.85. The van der Waals surface area contributed by atoms with Crippen molar-refractivity contribution in [1.29, 1.82) is 0 Å². The highest BCUT2D eigenvalue weighted by molar-refractivity contribution is 9.11. The Morgan fingerprint density at radius 1 is 1.10 bits per heavy atom. The Labute approximate surface area is 134 Å². The zero-order chi connectivity index (χ0) is 14.3. The van der Waals surface area contributed by atoms with Crippen LogP contribution in [0.5, 0.6) is 0 Å². The van der Waals surface area contributed by atoms with E-state index in [2.05, 4.69) is 62.8 Å². The van der Waals surface area contributed by atoms with Gasteiger partial charge in [-0.3, -0.25) is 0 Å². The fraction of sp³-hybridized carbons (Fsp3) is 0.188. The van der Waals surface area contributed by atoms with Crippen LogP contribution in [-0.4, -0.2) is 4.98 Å². The second-order valence-electron chi connectivity index (χ2n) is 4.74. The molecule has 2 nitrogen and oxygen atoms in total. The van der Waals surface area contributed by atoms with E-state index < -0.39 is 0 Å². The first kappa shape index (κ1) is 13.8. The molecule has 102 valence electrons. The van der Waals surface area contributed by atoms with Gasteiger partial charge in [0.1, 0.15) is 5.52 Å². The number of nitrogens with zero attached hydrogens (tertiary/aromatic N) is 1. The van der Waals surface area contributed by atoms with E-state index in [1.54, 1.807) is 0 Å². The summed E-state index contributed by atoms with van der Waals surface area (Å²) in [5.74, 6) is 0.648. The summed E-state index contributed by atoms with van der Waals surface area (Å²) in [5, 5.41) is 0. The normalized spacial score (nSPS) is 11.2. The van der Waals surface area contributed by atoms with Crippen molar-refractivity contribution in [2.45, 2.75) is 20.3 Å². The molecule has 1 heterocycles. The van der Waals surface area contributed by atoms with Crippen LogP contribution in [0.15, 0.2) is 43.7 Å². The monoisotopic (exact) mass is 393 g/mol. The van der Waals surface area contributed by atoms with Crippen molar-refractivity contribution in [3.05, 3.63) is 50.4 Å². The van der Waals surface area contributed by atoms with E-state index in [-0.39, 0.29) is 0 Å². The van der Waals surface area contributed by atoms with Crippen LogP contribution >= 0.6 is 31.9 Å². The van der Waals surface area contributed by atoms with Gasteiger partial charge in [-0.2, -0.15) is 0 Å². The van der Waals surface area contributed by atoms with Crippen LogP contribution < -0.4 is 0 Å². The predicted molar refractivity (Wildman–Crippen MR) is 89.0 cm³/mol. The second kappa shape index (κ2) is 5.34. The Morgan fingerprint density at radius 2 is 1.80 bits per heavy atom. The van der Waals surface area contributed by atoms with Gasteiger partial charge in [0.25, 0.3) is 0 Å². The third-order valence-electron chi connectivity index (χ3n) is 3.39. The Bertz CT molecular complexity index is 769. The molecule has 0 radical (unpaired) electrons. The smallest absolute Gasteiger partial charge is 0.227 e. The van der Waals surface area contributed by atoms with Crippen LogP contribution in [0.25, 0.3) is 22.6 Å². The molecule has 0 aliphatic heterocycles. The molecule has 0 saturated carbocycles. The summed E-state index contributed by atoms with van der Waals surface area (Å²) in [6.07, 6.45) is 1.000. The highest BCUT2D eigenvalue weighted by Crippen LogP contribution is 2.32. The number of rotatable bonds is 2. The summed E-state index contributed by atoms with van der Waals surface area (Å²) in [5.41, 5.74) is 5.13. The van der Waals surface area contributed by atoms with Crippen LogP contribution in [0, 0.1) is 6.92 Å². The molecule has 0 spiro atoms. The zero-order valence-electron chi connectivity index (χ0n) is 11.2. The molecule has 2 aromatic carbocycles. The number of aromatic nitrogens is 1. The van der Waals surface area contributed by atoms with Crippen molar-refractivity contribution in [3.63, 3.8) is 0 Å². The SMILES string of the molecule is CCc1ccc2oc(-c3cc(Br)c(C)c(Br)c3)nc2c1. The molecular formula is C16H13Br2NO. The molecular weight excluding hydrogens is 382 g/mol. The fourth-order valence-corrected chi connectivity index (χ4v) is 3.27. The fourth-order valence-electron chi connectivity index (χ4n) is 2.09. The van der Waals surface area contributed by atoms with Gasteiger partial charge in [0.15, 0.2) is 5.58 Å². The molecule has 0 fully saturated rings. The Balaban J connectivity index is 2.14. The van der Waals surface area contributed by atoms with Crippen molar-refractivity contribution in [3.8, 4) is 11.5 Å². The highest BCUT2D eigenvalue weighted by Gasteiger charge is 2.11. The topological polar surface area (TPSA) is 26.0 Å². The van der Waals surface area contributed by atoms with Crippen molar-refractivity contribution in [1.82, 2.24) is 4.98 Å². The summed E-state index contributed by atoms with van der Waals surface area (Å²) in [7, 11) is 0. The lowest BCUT2D eigenvalue weighted by Crippen LogP contribution is -1.83. The van der Waals surface area contributed by atoms with Crippen LogP contribution in [0.2, 0.25) is 0 Å². The molecule has 20 heavy (non-hydrogen) atoms. The van der Waals surface area contributed by atoms with Crippen molar-refractivity contribution < 1.29 is 4.42 Å². The molecule has 0 unspecified atom stereocenters. The van der Waals surface area contributed by atoms with E-state index in [0.717, 1.165) is 37.6 Å². The van der Waals surface area contributed by atoms with Crippen molar-refractivity contribution in [2.24, 2.45) is 0 Å². The van der Waals surface area contributed by atoms with Gasteiger partial charge in [-0.25, -0.2) is 4.98 Å². The van der Waals surface area contributed by atoms with Crippen LogP contribution in [0.1, 0.15) is 18.1 Å². The first-order valence-corrected chi connectivity index (χ1v) is 8.02. The highest BCUT2D eigenvalue weighted by atomic mass is 79.9. The molecule has 1 aromatic heterocycles. The molecule has 0 aliphatic carbocycles. The molecule has 0 amide bonds. The molecule has 0 aliphatic rings. The van der Waals surface area contributed by atoms with Crippen molar-refractivity contribution in [2.75, 3.05) is 0 Å². The summed E-state index contributed by atoms with van der Waals surface area (Å²) in [6, 6.07) is 10.2. The van der Waals surface area contributed by atoms with Gasteiger partial charge in [-0.15, -0.1) is 0 Å². The number of halogens is 2. The van der Waals surface area contributed by atoms with Gasteiger partial charge in [0.2, 0.25) is 5.89 Å². The van der Waals surface area contributed by atoms with Crippen LogP contribution in [-0.2, 0) is 6.42 Å². The number of hydrogen-bond donors (Lipinski definition) is 0. The summed E-state index contributed by atoms with van der Waals surface area (Å²) in [4.78, 5) is 4.60. The summed E-state index contributed by atoms with van der Waals surface area (Å²) in [6.45, 7) is 4.19. The molecule has 0 atom stereocenters. The molecule has 0 saturated heterocycles. The summed E-state index contributed by atoms with van der Waals surface area (Å²) < 4.78 is 7.93. The lowest BCUT2D eigenvalue weighted by atomic mass is 10.1. The molecule has 3 rings (SSSR count). The molecule has 4 heteroatoms. The van der Waals surface area contributed by atoms with Crippen molar-refractivity contribution >= 4 is 43.0 Å². The van der Waals surface area contributed by atoms with Gasteiger partial charge in [0.05, 0.1) is 0 Å². The third kappa shape index (κ3) is 2.42. The Kier molecular flexibility index (Phi) is 3.69. The summed E-state index contributed by atoms with van der Waals surface area (Å²) >= 11 is 7.12. The second-order valence-corrected chi connectivity index (χ2v) is 6.45. The van der Waals surface area contributed by atoms with Gasteiger partial charge in [-0.05, 0) is 48.7 Å². The van der Waals surface area contributed by atoms with Gasteiger partial charge in [0, 0.05) is 14.5 Å². The average Bonchev–Trinajstić information content (AvgIpc) is 2.86. The number of fused-ring (bicyclic) bond motifs is 1. The number of hydrogen-bond acceptors (Lipinski definition) is 2. The largest absolute Gasteiger partial charge is 0.436 e. The predicted octanol–water partition coefficient (Wildman–Crippen LogP) is 5.89. The molecule has 0 bridgehead atoms.